The summed E-state index contributed by atoms with van der Waals surface area (Å²) < 4.78 is 4.95. The number of nitrogens with one attached hydrogen (secondary N) is 2. The molecule has 0 aliphatic carbocycles. The number of hydrogen-bond donors (Lipinski definition) is 2. The third-order valence-electron chi connectivity index (χ3n) is 7.48. The molecular formula is C30H46N6O5. The molecule has 1 aromatic carbocycles. The Labute approximate surface area is 243 Å². The van der Waals surface area contributed by atoms with Crippen LogP contribution < -0.4 is 10.6 Å². The fourth-order valence-electron chi connectivity index (χ4n) is 5.37. The summed E-state index contributed by atoms with van der Waals surface area (Å²) in [5.41, 5.74) is 0.971. The molecule has 2 fully saturated rings. The molecule has 2 saturated heterocycles. The van der Waals surface area contributed by atoms with E-state index in [1.165, 1.54) is 6.08 Å². The lowest BCUT2D eigenvalue weighted by Crippen LogP contribution is -2.76. The quantitative estimate of drug-likeness (QED) is 0.247. The highest BCUT2D eigenvalue weighted by molar-refractivity contribution is 5.91. The lowest BCUT2D eigenvalue weighted by molar-refractivity contribution is -0.190. The molecule has 0 unspecified atom stereocenters. The third-order valence-corrected chi connectivity index (χ3v) is 7.48. The molecule has 2 atom stereocenters. The Morgan fingerprint density at radius 2 is 1.80 bits per heavy atom. The maximum Gasteiger partial charge on any atom is 0.407 e. The summed E-state index contributed by atoms with van der Waals surface area (Å²) in [6.45, 7) is 9.69. The van der Waals surface area contributed by atoms with E-state index in [0.29, 0.717) is 39.0 Å². The van der Waals surface area contributed by atoms with Crippen molar-refractivity contribution < 1.29 is 23.9 Å². The van der Waals surface area contributed by atoms with Gasteiger partial charge in [-0.3, -0.25) is 9.59 Å². The van der Waals surface area contributed by atoms with Crippen LogP contribution in [-0.4, -0.2) is 95.3 Å². The molecule has 11 heteroatoms. The first-order valence-corrected chi connectivity index (χ1v) is 14.9. The summed E-state index contributed by atoms with van der Waals surface area (Å²) in [5.74, 6) is -0.280. The zero-order valence-electron chi connectivity index (χ0n) is 24.6. The van der Waals surface area contributed by atoms with Gasteiger partial charge in [-0.15, -0.1) is 0 Å². The lowest BCUT2D eigenvalue weighted by Gasteiger charge is -2.55. The Bertz CT molecular complexity index is 1020. The summed E-state index contributed by atoms with van der Waals surface area (Å²) >= 11 is 0. The molecule has 3 rings (SSSR count). The van der Waals surface area contributed by atoms with E-state index in [-0.39, 0.29) is 37.5 Å². The van der Waals surface area contributed by atoms with Gasteiger partial charge in [0.05, 0.1) is 13.1 Å². The Morgan fingerprint density at radius 1 is 1.05 bits per heavy atom. The number of ether oxygens (including phenoxy) is 1. The number of benzene rings is 1. The van der Waals surface area contributed by atoms with Gasteiger partial charge in [0, 0.05) is 26.2 Å². The molecule has 2 N–H and O–H groups in total. The second-order valence-electron chi connectivity index (χ2n) is 10.4. The van der Waals surface area contributed by atoms with Crippen LogP contribution in [0.5, 0.6) is 0 Å². The van der Waals surface area contributed by atoms with Crippen LogP contribution in [0.2, 0.25) is 0 Å². The molecule has 5 amide bonds. The van der Waals surface area contributed by atoms with Crippen molar-refractivity contribution in [1.82, 2.24) is 30.5 Å². The SMILES string of the molecule is C=CCOC(=O)NCCC[C@H]1C(=O)N(CCCCCCC)C[C@H]2N1C(=O)CN(CC)N2C(=O)NCc1ccccc1. The number of piperazine rings is 1. The average molecular weight is 571 g/mol. The van der Waals surface area contributed by atoms with E-state index in [0.717, 1.165) is 37.7 Å². The molecule has 0 bridgehead atoms. The summed E-state index contributed by atoms with van der Waals surface area (Å²) in [5, 5.41) is 9.06. The van der Waals surface area contributed by atoms with E-state index in [2.05, 4.69) is 24.1 Å². The van der Waals surface area contributed by atoms with Gasteiger partial charge in [0.2, 0.25) is 11.8 Å². The van der Waals surface area contributed by atoms with Crippen LogP contribution in [0, 0.1) is 0 Å². The number of rotatable bonds is 15. The van der Waals surface area contributed by atoms with Gasteiger partial charge in [-0.05, 0) is 24.8 Å². The van der Waals surface area contributed by atoms with Gasteiger partial charge in [-0.2, -0.15) is 0 Å². The summed E-state index contributed by atoms with van der Waals surface area (Å²) in [6, 6.07) is 8.64. The number of alkyl carbamates (subject to hydrolysis) is 1. The topological polar surface area (TPSA) is 115 Å². The van der Waals surface area contributed by atoms with Crippen molar-refractivity contribution in [3.8, 4) is 0 Å². The first-order valence-electron chi connectivity index (χ1n) is 14.9. The van der Waals surface area contributed by atoms with E-state index in [9.17, 15) is 19.2 Å². The van der Waals surface area contributed by atoms with Gasteiger partial charge < -0.3 is 25.2 Å². The van der Waals surface area contributed by atoms with Gasteiger partial charge in [-0.25, -0.2) is 19.6 Å². The monoisotopic (exact) mass is 570 g/mol. The van der Waals surface area contributed by atoms with Crippen LogP contribution in [0.4, 0.5) is 9.59 Å². The number of amides is 5. The normalized spacial score (nSPS) is 19.1. The molecule has 2 aliphatic heterocycles. The van der Waals surface area contributed by atoms with Crippen molar-refractivity contribution in [2.24, 2.45) is 0 Å². The number of nitrogens with zero attached hydrogens (tertiary/aromatic N) is 4. The fourth-order valence-corrected chi connectivity index (χ4v) is 5.37. The highest BCUT2D eigenvalue weighted by Gasteiger charge is 2.50. The first-order chi connectivity index (χ1) is 19.9. The largest absolute Gasteiger partial charge is 0.445 e. The van der Waals surface area contributed by atoms with E-state index >= 15 is 0 Å². The van der Waals surface area contributed by atoms with Gasteiger partial charge in [0.25, 0.3) is 0 Å². The van der Waals surface area contributed by atoms with E-state index < -0.39 is 18.3 Å². The number of urea groups is 1. The van der Waals surface area contributed by atoms with Crippen molar-refractivity contribution in [3.63, 3.8) is 0 Å². The molecule has 2 aliphatic rings. The maximum atomic E-state index is 13.7. The Hall–Kier alpha value is -3.60. The van der Waals surface area contributed by atoms with E-state index in [1.807, 2.05) is 42.2 Å². The lowest BCUT2D eigenvalue weighted by atomic mass is 10.0. The molecule has 0 radical (unpaired) electrons. The molecule has 226 valence electrons. The number of carbonyl (C=O) groups is 4. The van der Waals surface area contributed by atoms with Gasteiger partial charge in [0.15, 0.2) is 0 Å². The number of hydrogen-bond acceptors (Lipinski definition) is 6. The molecule has 1 aromatic rings. The van der Waals surface area contributed by atoms with Gasteiger partial charge in [-0.1, -0.05) is 82.5 Å². The fraction of sp³-hybridized carbons (Fsp3) is 0.600. The van der Waals surface area contributed by atoms with Crippen LogP contribution in [-0.2, 0) is 20.9 Å². The highest BCUT2D eigenvalue weighted by atomic mass is 16.5. The number of carbonyl (C=O) groups excluding carboxylic acids is 4. The van der Waals surface area contributed by atoms with Crippen LogP contribution in [0.1, 0.15) is 64.4 Å². The molecule has 2 heterocycles. The molecule has 0 spiro atoms. The minimum Gasteiger partial charge on any atom is -0.445 e. The number of fused-ring (bicyclic) bond motifs is 1. The number of likely N-dealkylation sites (N-methyl/N-ethyl adjacent to an activating group) is 1. The molecular weight excluding hydrogens is 524 g/mol. The van der Waals surface area contributed by atoms with Crippen LogP contribution in [0.25, 0.3) is 0 Å². The Kier molecular flexibility index (Phi) is 12.9. The second kappa shape index (κ2) is 16.6. The minimum absolute atomic E-state index is 0.0126. The number of unbranched alkanes of at least 4 members (excludes halogenated alkanes) is 4. The van der Waals surface area contributed by atoms with Crippen LogP contribution in [0.3, 0.4) is 0 Å². The zero-order chi connectivity index (χ0) is 29.6. The van der Waals surface area contributed by atoms with Crippen molar-refractivity contribution in [1.29, 1.82) is 0 Å². The zero-order valence-corrected chi connectivity index (χ0v) is 24.6. The van der Waals surface area contributed by atoms with Gasteiger partial charge in [0.1, 0.15) is 18.8 Å². The smallest absolute Gasteiger partial charge is 0.407 e. The molecule has 0 saturated carbocycles. The molecule has 0 aromatic heterocycles. The Balaban J connectivity index is 1.77. The summed E-state index contributed by atoms with van der Waals surface area (Å²) in [6.07, 6.45) is 6.45. The van der Waals surface area contributed by atoms with Gasteiger partial charge >= 0.3 is 12.1 Å². The summed E-state index contributed by atoms with van der Waals surface area (Å²) in [7, 11) is 0. The third kappa shape index (κ3) is 8.94. The average Bonchev–Trinajstić information content (AvgIpc) is 2.98. The number of hydrazine groups is 1. The predicted octanol–water partition coefficient (Wildman–Crippen LogP) is 3.48. The first kappa shape index (κ1) is 31.9. The molecule has 41 heavy (non-hydrogen) atoms. The van der Waals surface area contributed by atoms with Crippen LogP contribution >= 0.6 is 0 Å². The minimum atomic E-state index is -0.716. The maximum absolute atomic E-state index is 13.7. The van der Waals surface area contributed by atoms with Crippen LogP contribution in [0.15, 0.2) is 43.0 Å². The van der Waals surface area contributed by atoms with E-state index in [4.69, 9.17) is 4.74 Å². The highest BCUT2D eigenvalue weighted by Crippen LogP contribution is 2.28. The second-order valence-corrected chi connectivity index (χ2v) is 10.4. The predicted molar refractivity (Wildman–Crippen MR) is 156 cm³/mol. The van der Waals surface area contributed by atoms with Crippen molar-refractivity contribution in [3.05, 3.63) is 48.6 Å². The van der Waals surface area contributed by atoms with Crippen molar-refractivity contribution in [2.45, 2.75) is 77.5 Å². The Morgan fingerprint density at radius 3 is 2.51 bits per heavy atom. The van der Waals surface area contributed by atoms with Crippen molar-refractivity contribution >= 4 is 23.9 Å². The molecule has 11 nitrogen and oxygen atoms in total. The van der Waals surface area contributed by atoms with Crippen molar-refractivity contribution in [2.75, 3.05) is 39.3 Å². The standard InChI is InChI=1S/C30H46N6O5/c1-4-7-8-9-13-19-33-22-26-35(25(28(33)38)17-14-18-31-30(40)41-20-5-2)27(37)23-34(6-3)36(26)29(39)32-21-24-15-11-10-12-16-24/h5,10-12,15-16,25-26H,2,4,6-9,13-14,17-23H2,1,3H3,(H,31,40)(H,32,39)/t25-,26-/m0/s1. The summed E-state index contributed by atoms with van der Waals surface area (Å²) in [4.78, 5) is 56.0. The van der Waals surface area contributed by atoms with E-state index in [1.54, 1.807) is 14.9 Å².